The summed E-state index contributed by atoms with van der Waals surface area (Å²) in [4.78, 5) is 49.5. The summed E-state index contributed by atoms with van der Waals surface area (Å²) in [5, 5.41) is 12.0. The van der Waals surface area contributed by atoms with Gasteiger partial charge in [0.15, 0.2) is 12.3 Å². The molecule has 8 nitrogen and oxygen atoms in total. The molecule has 8 heteroatoms. The molecule has 1 aromatic carbocycles. The fraction of sp³-hybridized carbons (Fsp3) is 0.231. The summed E-state index contributed by atoms with van der Waals surface area (Å²) in [7, 11) is 1.20. The zero-order valence-electron chi connectivity index (χ0n) is 10.9. The van der Waals surface area contributed by atoms with E-state index < -0.39 is 36.0 Å². The molecule has 1 fully saturated rings. The van der Waals surface area contributed by atoms with E-state index in [4.69, 9.17) is 0 Å². The monoisotopic (exact) mass is 289 g/mol. The lowest BCUT2D eigenvalue weighted by molar-refractivity contribution is -0.138. The third-order valence-corrected chi connectivity index (χ3v) is 3.56. The van der Waals surface area contributed by atoms with Crippen LogP contribution in [-0.2, 0) is 4.79 Å². The van der Waals surface area contributed by atoms with Gasteiger partial charge in [-0.3, -0.25) is 24.2 Å². The molecule has 2 aliphatic rings. The van der Waals surface area contributed by atoms with E-state index in [-0.39, 0.29) is 11.1 Å². The Kier molecular flexibility index (Phi) is 2.77. The van der Waals surface area contributed by atoms with Crippen LogP contribution in [0.5, 0.6) is 0 Å². The van der Waals surface area contributed by atoms with Crippen LogP contribution in [0.15, 0.2) is 24.3 Å². The molecule has 1 saturated heterocycles. The fourth-order valence-corrected chi connectivity index (χ4v) is 2.45. The van der Waals surface area contributed by atoms with E-state index in [1.165, 1.54) is 19.2 Å². The van der Waals surface area contributed by atoms with Crippen LogP contribution in [0, 0.1) is 0 Å². The molecule has 2 atom stereocenters. The van der Waals surface area contributed by atoms with Crippen molar-refractivity contribution in [1.29, 1.82) is 0 Å². The zero-order chi connectivity index (χ0) is 15.3. The van der Waals surface area contributed by atoms with Gasteiger partial charge in [-0.2, -0.15) is 0 Å². The third kappa shape index (κ3) is 1.73. The highest BCUT2D eigenvalue weighted by atomic mass is 16.3. The first-order valence-corrected chi connectivity index (χ1v) is 6.16. The molecule has 2 aliphatic heterocycles. The average Bonchev–Trinajstić information content (AvgIpc) is 2.71. The second-order valence-electron chi connectivity index (χ2n) is 4.76. The number of hydrogen-bond donors (Lipinski definition) is 2. The van der Waals surface area contributed by atoms with Gasteiger partial charge in [0.2, 0.25) is 0 Å². The Bertz CT molecular complexity index is 651. The summed E-state index contributed by atoms with van der Waals surface area (Å²) in [6, 6.07) is 3.87. The lowest BCUT2D eigenvalue weighted by Crippen LogP contribution is -2.67. The molecular formula is C13H11N3O5. The van der Waals surface area contributed by atoms with E-state index in [2.05, 4.69) is 5.32 Å². The van der Waals surface area contributed by atoms with Crippen molar-refractivity contribution in [3.05, 3.63) is 35.4 Å². The molecule has 1 aromatic rings. The number of aliphatic hydroxyl groups is 1. The maximum Gasteiger partial charge on any atom is 0.325 e. The van der Waals surface area contributed by atoms with Crippen molar-refractivity contribution in [1.82, 2.24) is 15.1 Å². The number of fused-ring (bicyclic) bond motifs is 1. The number of rotatable bonds is 1. The summed E-state index contributed by atoms with van der Waals surface area (Å²) in [6.45, 7) is 0. The largest absolute Gasteiger partial charge is 0.371 e. The van der Waals surface area contributed by atoms with Gasteiger partial charge in [0.05, 0.1) is 11.1 Å². The van der Waals surface area contributed by atoms with Gasteiger partial charge >= 0.3 is 6.03 Å². The van der Waals surface area contributed by atoms with E-state index in [0.717, 1.165) is 4.90 Å². The van der Waals surface area contributed by atoms with E-state index in [1.807, 2.05) is 0 Å². The predicted molar refractivity (Wildman–Crippen MR) is 68.0 cm³/mol. The van der Waals surface area contributed by atoms with Crippen LogP contribution in [0.25, 0.3) is 0 Å². The van der Waals surface area contributed by atoms with Crippen molar-refractivity contribution in [2.75, 3.05) is 7.05 Å². The average molecular weight is 289 g/mol. The number of benzene rings is 1. The van der Waals surface area contributed by atoms with Crippen LogP contribution < -0.4 is 5.32 Å². The summed E-state index contributed by atoms with van der Waals surface area (Å²) >= 11 is 0. The maximum atomic E-state index is 12.3. The van der Waals surface area contributed by atoms with Crippen LogP contribution in [0.2, 0.25) is 0 Å². The number of amides is 5. The zero-order valence-corrected chi connectivity index (χ0v) is 10.9. The van der Waals surface area contributed by atoms with E-state index in [9.17, 15) is 24.3 Å². The molecule has 0 radical (unpaired) electrons. The second kappa shape index (κ2) is 4.38. The molecule has 0 aromatic heterocycles. The van der Waals surface area contributed by atoms with Gasteiger partial charge in [0, 0.05) is 7.05 Å². The van der Waals surface area contributed by atoms with Crippen LogP contribution >= 0.6 is 0 Å². The normalized spacial score (nSPS) is 25.2. The van der Waals surface area contributed by atoms with Gasteiger partial charge in [-0.05, 0) is 12.1 Å². The molecular weight excluding hydrogens is 278 g/mol. The number of likely N-dealkylation sites (N-methyl/N-ethyl adjacent to an activating group) is 1. The molecule has 0 aliphatic carbocycles. The number of nitrogens with one attached hydrogen (secondary N) is 1. The quantitative estimate of drug-likeness (QED) is 0.655. The van der Waals surface area contributed by atoms with Crippen molar-refractivity contribution in [3.63, 3.8) is 0 Å². The first-order chi connectivity index (χ1) is 9.93. The van der Waals surface area contributed by atoms with Gasteiger partial charge in [-0.15, -0.1) is 0 Å². The van der Waals surface area contributed by atoms with Crippen molar-refractivity contribution in [2.24, 2.45) is 0 Å². The van der Waals surface area contributed by atoms with Crippen LogP contribution in [-0.4, -0.2) is 58.0 Å². The molecule has 0 bridgehead atoms. The van der Waals surface area contributed by atoms with E-state index in [1.54, 1.807) is 12.1 Å². The third-order valence-electron chi connectivity index (χ3n) is 3.56. The van der Waals surface area contributed by atoms with Gasteiger partial charge in [-0.25, -0.2) is 4.79 Å². The lowest BCUT2D eigenvalue weighted by Gasteiger charge is -2.36. The highest BCUT2D eigenvalue weighted by Crippen LogP contribution is 2.27. The van der Waals surface area contributed by atoms with Gasteiger partial charge in [-0.1, -0.05) is 12.1 Å². The fourth-order valence-electron chi connectivity index (χ4n) is 2.45. The Morgan fingerprint density at radius 1 is 1.05 bits per heavy atom. The Labute approximate surface area is 118 Å². The number of hydrogen-bond acceptors (Lipinski definition) is 5. The van der Waals surface area contributed by atoms with Crippen molar-refractivity contribution in [2.45, 2.75) is 12.3 Å². The maximum absolute atomic E-state index is 12.3. The lowest BCUT2D eigenvalue weighted by atomic mass is 10.1. The van der Waals surface area contributed by atoms with Gasteiger partial charge < -0.3 is 10.4 Å². The molecule has 108 valence electrons. The molecule has 2 heterocycles. The molecule has 2 N–H and O–H groups in total. The van der Waals surface area contributed by atoms with Crippen molar-refractivity contribution >= 4 is 23.8 Å². The van der Waals surface area contributed by atoms with Gasteiger partial charge in [0.25, 0.3) is 17.7 Å². The smallest absolute Gasteiger partial charge is 0.325 e. The van der Waals surface area contributed by atoms with E-state index >= 15 is 0 Å². The molecule has 3 rings (SSSR count). The highest BCUT2D eigenvalue weighted by Gasteiger charge is 2.50. The van der Waals surface area contributed by atoms with Crippen LogP contribution in [0.3, 0.4) is 0 Å². The van der Waals surface area contributed by atoms with Crippen LogP contribution in [0.1, 0.15) is 20.7 Å². The summed E-state index contributed by atoms with van der Waals surface area (Å²) < 4.78 is 0. The Morgan fingerprint density at radius 3 is 2.10 bits per heavy atom. The van der Waals surface area contributed by atoms with Crippen molar-refractivity contribution < 1.29 is 24.3 Å². The first kappa shape index (κ1) is 13.3. The Morgan fingerprint density at radius 2 is 1.57 bits per heavy atom. The minimum Gasteiger partial charge on any atom is -0.371 e. The number of carbonyl (C=O) groups is 4. The van der Waals surface area contributed by atoms with Crippen LogP contribution in [0.4, 0.5) is 4.79 Å². The topological polar surface area (TPSA) is 107 Å². The Hall–Kier alpha value is -2.74. The molecule has 0 saturated carbocycles. The summed E-state index contributed by atoms with van der Waals surface area (Å²) in [5.41, 5.74) is 0.337. The first-order valence-electron chi connectivity index (χ1n) is 6.16. The molecule has 0 spiro atoms. The number of imide groups is 2. The SMILES string of the molecule is CN1C(=O)NC(O)C(N2C(=O)c3ccccc3C2=O)C1=O. The summed E-state index contributed by atoms with van der Waals surface area (Å²) in [5.74, 6) is -2.16. The summed E-state index contributed by atoms with van der Waals surface area (Å²) in [6.07, 6.45) is -1.64. The number of aliphatic hydroxyl groups excluding tert-OH is 1. The second-order valence-corrected chi connectivity index (χ2v) is 4.76. The highest BCUT2D eigenvalue weighted by molar-refractivity contribution is 6.23. The van der Waals surface area contributed by atoms with Gasteiger partial charge in [0.1, 0.15) is 0 Å². The number of nitrogens with zero attached hydrogens (tertiary/aromatic N) is 2. The number of urea groups is 1. The minimum absolute atomic E-state index is 0.169. The molecule has 2 unspecified atom stereocenters. The minimum atomic E-state index is -1.64. The molecule has 5 amide bonds. The predicted octanol–water partition coefficient (Wildman–Crippen LogP) is -0.849. The van der Waals surface area contributed by atoms with Crippen molar-refractivity contribution in [3.8, 4) is 0 Å². The van der Waals surface area contributed by atoms with E-state index in [0.29, 0.717) is 4.90 Å². The Balaban J connectivity index is 2.02. The number of carbonyl (C=O) groups excluding carboxylic acids is 4. The standard InChI is InChI=1S/C13H11N3O5/c1-15-12(20)8(9(17)14-13(15)21)16-10(18)6-4-2-3-5-7(6)11(16)19/h2-5,8-9,17H,1H3,(H,14,21). The molecule has 21 heavy (non-hydrogen) atoms.